The fraction of sp³-hybridized carbons (Fsp3) is 0.778. The molecule has 0 radical (unpaired) electrons. The lowest BCUT2D eigenvalue weighted by molar-refractivity contribution is 0.721. The summed E-state index contributed by atoms with van der Waals surface area (Å²) in [5.41, 5.74) is 0. The average molecular weight is 141 g/mol. The maximum atomic E-state index is 3.16. The molecule has 0 aromatic rings. The fourth-order valence-corrected chi connectivity index (χ4v) is 0.719. The van der Waals surface area contributed by atoms with Crippen LogP contribution in [-0.4, -0.2) is 13.1 Å². The van der Waals surface area contributed by atoms with E-state index in [4.69, 9.17) is 0 Å². The smallest absolute Gasteiger partial charge is 0.0218 e. The number of allylic oxidation sites excluding steroid dienone is 1. The van der Waals surface area contributed by atoms with E-state index in [0.29, 0.717) is 6.04 Å². The summed E-state index contributed by atoms with van der Waals surface area (Å²) in [5.74, 6) is 0. The van der Waals surface area contributed by atoms with E-state index < -0.39 is 0 Å². The Morgan fingerprint density at radius 1 is 1.50 bits per heavy atom. The first kappa shape index (κ1) is 9.70. The van der Waals surface area contributed by atoms with Gasteiger partial charge in [-0.2, -0.15) is 0 Å². The number of hydrogen-bond acceptors (Lipinski definition) is 1. The molecule has 0 rings (SSSR count). The SMILES string of the molecule is CCCC/C=C/[C@H](C)NC. The van der Waals surface area contributed by atoms with Crippen molar-refractivity contribution in [3.8, 4) is 0 Å². The molecule has 0 aliphatic rings. The van der Waals surface area contributed by atoms with Crippen LogP contribution in [0.2, 0.25) is 0 Å². The predicted molar refractivity (Wildman–Crippen MR) is 47.2 cm³/mol. The molecule has 1 atom stereocenters. The van der Waals surface area contributed by atoms with E-state index in [1.54, 1.807) is 0 Å². The summed E-state index contributed by atoms with van der Waals surface area (Å²) in [6, 6.07) is 0.525. The lowest BCUT2D eigenvalue weighted by Crippen LogP contribution is -2.17. The van der Waals surface area contributed by atoms with Crippen LogP contribution in [0.15, 0.2) is 12.2 Å². The second-order valence-electron chi connectivity index (χ2n) is 2.65. The van der Waals surface area contributed by atoms with Gasteiger partial charge in [0, 0.05) is 6.04 Å². The molecular formula is C9H19N. The van der Waals surface area contributed by atoms with Crippen molar-refractivity contribution in [3.63, 3.8) is 0 Å². The minimum absolute atomic E-state index is 0.525. The molecule has 0 aliphatic heterocycles. The molecule has 1 heteroatoms. The minimum atomic E-state index is 0.525. The predicted octanol–water partition coefficient (Wildman–Crippen LogP) is 2.34. The topological polar surface area (TPSA) is 12.0 Å². The van der Waals surface area contributed by atoms with Gasteiger partial charge in [0.25, 0.3) is 0 Å². The molecule has 60 valence electrons. The van der Waals surface area contributed by atoms with Gasteiger partial charge >= 0.3 is 0 Å². The Hall–Kier alpha value is -0.300. The lowest BCUT2D eigenvalue weighted by atomic mass is 10.2. The van der Waals surface area contributed by atoms with Crippen LogP contribution in [0.25, 0.3) is 0 Å². The van der Waals surface area contributed by atoms with Gasteiger partial charge in [0.15, 0.2) is 0 Å². The summed E-state index contributed by atoms with van der Waals surface area (Å²) < 4.78 is 0. The molecule has 0 heterocycles. The quantitative estimate of drug-likeness (QED) is 0.458. The largest absolute Gasteiger partial charge is 0.314 e. The van der Waals surface area contributed by atoms with Gasteiger partial charge in [-0.1, -0.05) is 31.9 Å². The summed E-state index contributed by atoms with van der Waals surface area (Å²) in [6.07, 6.45) is 8.30. The van der Waals surface area contributed by atoms with E-state index in [1.807, 2.05) is 7.05 Å². The van der Waals surface area contributed by atoms with Crippen molar-refractivity contribution in [2.75, 3.05) is 7.05 Å². The normalized spacial score (nSPS) is 14.3. The van der Waals surface area contributed by atoms with E-state index in [-0.39, 0.29) is 0 Å². The molecule has 0 spiro atoms. The summed E-state index contributed by atoms with van der Waals surface area (Å²) in [7, 11) is 1.98. The Balaban J connectivity index is 3.18. The Morgan fingerprint density at radius 3 is 2.70 bits per heavy atom. The van der Waals surface area contributed by atoms with Crippen LogP contribution in [-0.2, 0) is 0 Å². The maximum Gasteiger partial charge on any atom is 0.0218 e. The van der Waals surface area contributed by atoms with Crippen LogP contribution in [0.1, 0.15) is 33.1 Å². The van der Waals surface area contributed by atoms with E-state index in [1.165, 1.54) is 19.3 Å². The van der Waals surface area contributed by atoms with E-state index in [9.17, 15) is 0 Å². The standard InChI is InChI=1S/C9H19N/c1-4-5-6-7-8-9(2)10-3/h7-10H,4-6H2,1-3H3/b8-7+/t9-/m0/s1. The van der Waals surface area contributed by atoms with Crippen molar-refractivity contribution < 1.29 is 0 Å². The first-order valence-corrected chi connectivity index (χ1v) is 4.15. The molecule has 1 N–H and O–H groups in total. The molecule has 0 aromatic heterocycles. The molecule has 0 fully saturated rings. The van der Waals surface area contributed by atoms with E-state index >= 15 is 0 Å². The van der Waals surface area contributed by atoms with Crippen molar-refractivity contribution in [1.29, 1.82) is 0 Å². The summed E-state index contributed by atoms with van der Waals surface area (Å²) >= 11 is 0. The van der Waals surface area contributed by atoms with Crippen molar-refractivity contribution in [1.82, 2.24) is 5.32 Å². The van der Waals surface area contributed by atoms with E-state index in [2.05, 4.69) is 31.3 Å². The molecule has 0 saturated carbocycles. The molecule has 10 heavy (non-hydrogen) atoms. The summed E-state index contributed by atoms with van der Waals surface area (Å²) in [4.78, 5) is 0. The highest BCUT2D eigenvalue weighted by molar-refractivity contribution is 4.89. The number of hydrogen-bond donors (Lipinski definition) is 1. The van der Waals surface area contributed by atoms with Crippen LogP contribution in [0.4, 0.5) is 0 Å². The van der Waals surface area contributed by atoms with Crippen LogP contribution >= 0.6 is 0 Å². The summed E-state index contributed by atoms with van der Waals surface area (Å²) in [5, 5.41) is 3.16. The fourth-order valence-electron chi connectivity index (χ4n) is 0.719. The third-order valence-electron chi connectivity index (χ3n) is 1.60. The molecule has 0 aliphatic carbocycles. The zero-order valence-electron chi connectivity index (χ0n) is 7.35. The molecular weight excluding hydrogens is 122 g/mol. The molecule has 0 aromatic carbocycles. The van der Waals surface area contributed by atoms with Gasteiger partial charge in [0.2, 0.25) is 0 Å². The second kappa shape index (κ2) is 6.81. The van der Waals surface area contributed by atoms with Crippen molar-refractivity contribution in [3.05, 3.63) is 12.2 Å². The number of rotatable bonds is 5. The van der Waals surface area contributed by atoms with Crippen molar-refractivity contribution in [2.45, 2.75) is 39.2 Å². The van der Waals surface area contributed by atoms with Crippen LogP contribution in [0.5, 0.6) is 0 Å². The van der Waals surface area contributed by atoms with Gasteiger partial charge in [-0.05, 0) is 20.4 Å². The Labute approximate surface area is 64.5 Å². The van der Waals surface area contributed by atoms with E-state index in [0.717, 1.165) is 0 Å². The second-order valence-corrected chi connectivity index (χ2v) is 2.65. The van der Waals surface area contributed by atoms with Crippen LogP contribution in [0, 0.1) is 0 Å². The zero-order chi connectivity index (χ0) is 7.82. The summed E-state index contributed by atoms with van der Waals surface area (Å²) in [6.45, 7) is 4.37. The Kier molecular flexibility index (Phi) is 6.61. The number of nitrogens with one attached hydrogen (secondary N) is 1. The molecule has 1 nitrogen and oxygen atoms in total. The molecule has 0 saturated heterocycles. The van der Waals surface area contributed by atoms with Crippen LogP contribution in [0.3, 0.4) is 0 Å². The number of likely N-dealkylation sites (N-methyl/N-ethyl adjacent to an activating group) is 1. The van der Waals surface area contributed by atoms with Crippen molar-refractivity contribution in [2.24, 2.45) is 0 Å². The average Bonchev–Trinajstić information content (AvgIpc) is 1.98. The van der Waals surface area contributed by atoms with Gasteiger partial charge in [-0.3, -0.25) is 0 Å². The zero-order valence-corrected chi connectivity index (χ0v) is 7.35. The highest BCUT2D eigenvalue weighted by Gasteiger charge is 1.86. The highest BCUT2D eigenvalue weighted by atomic mass is 14.8. The number of unbranched alkanes of at least 4 members (excludes halogenated alkanes) is 2. The lowest BCUT2D eigenvalue weighted by Gasteiger charge is -2.01. The molecule has 0 unspecified atom stereocenters. The Bertz CT molecular complexity index is 86.7. The van der Waals surface area contributed by atoms with Crippen LogP contribution < -0.4 is 5.32 Å². The maximum absolute atomic E-state index is 3.16. The third-order valence-corrected chi connectivity index (χ3v) is 1.60. The third kappa shape index (κ3) is 5.83. The van der Waals surface area contributed by atoms with Gasteiger partial charge in [0.05, 0.1) is 0 Å². The Morgan fingerprint density at radius 2 is 2.20 bits per heavy atom. The monoisotopic (exact) mass is 141 g/mol. The first-order valence-electron chi connectivity index (χ1n) is 4.15. The van der Waals surface area contributed by atoms with Crippen molar-refractivity contribution >= 4 is 0 Å². The van der Waals surface area contributed by atoms with Gasteiger partial charge in [-0.25, -0.2) is 0 Å². The van der Waals surface area contributed by atoms with Gasteiger partial charge in [-0.15, -0.1) is 0 Å². The highest BCUT2D eigenvalue weighted by Crippen LogP contribution is 1.95. The molecule has 0 amide bonds. The van der Waals surface area contributed by atoms with Gasteiger partial charge < -0.3 is 5.32 Å². The minimum Gasteiger partial charge on any atom is -0.314 e. The first-order chi connectivity index (χ1) is 4.81. The molecule has 0 bridgehead atoms. The van der Waals surface area contributed by atoms with Gasteiger partial charge in [0.1, 0.15) is 0 Å².